The van der Waals surface area contributed by atoms with E-state index in [1.807, 2.05) is 0 Å². The van der Waals surface area contributed by atoms with Crippen molar-refractivity contribution >= 4 is 0 Å². The molecule has 2 saturated carbocycles. The number of aliphatic hydroxyl groups is 1. The summed E-state index contributed by atoms with van der Waals surface area (Å²) in [5, 5.41) is 11.4. The molecule has 0 aliphatic heterocycles. The molecule has 3 aliphatic carbocycles. The van der Waals surface area contributed by atoms with Gasteiger partial charge in [0, 0.05) is 0 Å². The van der Waals surface area contributed by atoms with E-state index in [0.29, 0.717) is 11.3 Å². The van der Waals surface area contributed by atoms with Gasteiger partial charge >= 0.3 is 0 Å². The smallest absolute Gasteiger partial charge is 0.0930 e. The van der Waals surface area contributed by atoms with Crippen LogP contribution in [0.1, 0.15) is 56.6 Å². The first-order valence-corrected chi connectivity index (χ1v) is 7.94. The molecule has 19 heavy (non-hydrogen) atoms. The van der Waals surface area contributed by atoms with Crippen LogP contribution in [0.25, 0.3) is 0 Å². The molecule has 0 amide bonds. The topological polar surface area (TPSA) is 20.2 Å². The SMILES string of the molecule is C[C@@]12CCC[C@H]1[C@@H]1CCc3ccccc3C1(O)CC2. The lowest BCUT2D eigenvalue weighted by molar-refractivity contribution is -0.125. The van der Waals surface area contributed by atoms with Gasteiger partial charge in [-0.15, -0.1) is 0 Å². The lowest BCUT2D eigenvalue weighted by Gasteiger charge is -2.54. The lowest BCUT2D eigenvalue weighted by Crippen LogP contribution is -2.50. The number of hydrogen-bond acceptors (Lipinski definition) is 1. The van der Waals surface area contributed by atoms with Gasteiger partial charge in [0.25, 0.3) is 0 Å². The second-order valence-electron chi connectivity index (χ2n) is 7.38. The molecule has 0 heterocycles. The maximum absolute atomic E-state index is 11.4. The fraction of sp³-hybridized carbons (Fsp3) is 0.667. The molecule has 0 spiro atoms. The summed E-state index contributed by atoms with van der Waals surface area (Å²) in [5.74, 6) is 1.25. The van der Waals surface area contributed by atoms with Crippen LogP contribution >= 0.6 is 0 Å². The molecule has 1 heteroatoms. The summed E-state index contributed by atoms with van der Waals surface area (Å²) in [7, 11) is 0. The van der Waals surface area contributed by atoms with Gasteiger partial charge < -0.3 is 5.11 Å². The Hall–Kier alpha value is -0.820. The third-order valence-electron chi connectivity index (χ3n) is 6.54. The van der Waals surface area contributed by atoms with Gasteiger partial charge in [0.05, 0.1) is 5.60 Å². The Kier molecular flexibility index (Phi) is 2.42. The average Bonchev–Trinajstić information content (AvgIpc) is 2.81. The summed E-state index contributed by atoms with van der Waals surface area (Å²) < 4.78 is 0. The summed E-state index contributed by atoms with van der Waals surface area (Å²) >= 11 is 0. The van der Waals surface area contributed by atoms with Crippen LogP contribution < -0.4 is 0 Å². The van der Waals surface area contributed by atoms with E-state index in [0.717, 1.165) is 18.8 Å². The van der Waals surface area contributed by atoms with E-state index < -0.39 is 5.60 Å². The zero-order chi connectivity index (χ0) is 13.1. The van der Waals surface area contributed by atoms with E-state index in [1.54, 1.807) is 0 Å². The van der Waals surface area contributed by atoms with E-state index in [-0.39, 0.29) is 0 Å². The molecule has 1 nitrogen and oxygen atoms in total. The van der Waals surface area contributed by atoms with Crippen molar-refractivity contribution in [1.82, 2.24) is 0 Å². The van der Waals surface area contributed by atoms with Crippen molar-refractivity contribution < 1.29 is 5.11 Å². The Morgan fingerprint density at radius 3 is 2.79 bits per heavy atom. The largest absolute Gasteiger partial charge is 0.385 e. The summed E-state index contributed by atoms with van der Waals surface area (Å²) in [4.78, 5) is 0. The maximum atomic E-state index is 11.4. The highest BCUT2D eigenvalue weighted by atomic mass is 16.3. The normalized spacial score (nSPS) is 44.3. The van der Waals surface area contributed by atoms with Crippen molar-refractivity contribution in [2.24, 2.45) is 17.3 Å². The monoisotopic (exact) mass is 256 g/mol. The van der Waals surface area contributed by atoms with Crippen molar-refractivity contribution in [3.8, 4) is 0 Å². The van der Waals surface area contributed by atoms with Gasteiger partial charge in [0.15, 0.2) is 0 Å². The highest BCUT2D eigenvalue weighted by Gasteiger charge is 2.56. The van der Waals surface area contributed by atoms with Gasteiger partial charge in [0.2, 0.25) is 0 Å². The van der Waals surface area contributed by atoms with E-state index >= 15 is 0 Å². The summed E-state index contributed by atoms with van der Waals surface area (Å²) in [5.41, 5.74) is 2.63. The number of aryl methyl sites for hydroxylation is 1. The second-order valence-corrected chi connectivity index (χ2v) is 7.38. The van der Waals surface area contributed by atoms with Crippen molar-refractivity contribution in [1.29, 1.82) is 0 Å². The first kappa shape index (κ1) is 12.0. The van der Waals surface area contributed by atoms with Crippen LogP contribution in [-0.4, -0.2) is 5.11 Å². The summed E-state index contributed by atoms with van der Waals surface area (Å²) in [6, 6.07) is 8.61. The third-order valence-corrected chi connectivity index (χ3v) is 6.54. The molecule has 0 saturated heterocycles. The third kappa shape index (κ3) is 1.51. The summed E-state index contributed by atoms with van der Waals surface area (Å²) in [6.45, 7) is 2.48. The number of fused-ring (bicyclic) bond motifs is 5. The summed E-state index contributed by atoms with van der Waals surface area (Å²) in [6.07, 6.45) is 8.62. The van der Waals surface area contributed by atoms with E-state index in [2.05, 4.69) is 31.2 Å². The highest BCUT2D eigenvalue weighted by Crippen LogP contribution is 2.62. The van der Waals surface area contributed by atoms with Gasteiger partial charge in [0.1, 0.15) is 0 Å². The van der Waals surface area contributed by atoms with Gasteiger partial charge in [-0.25, -0.2) is 0 Å². The zero-order valence-electron chi connectivity index (χ0n) is 11.9. The van der Waals surface area contributed by atoms with Gasteiger partial charge in [-0.3, -0.25) is 0 Å². The molecule has 2 fully saturated rings. The highest BCUT2D eigenvalue weighted by molar-refractivity contribution is 5.37. The molecule has 0 aromatic heterocycles. The molecule has 1 N–H and O–H groups in total. The number of rotatable bonds is 0. The molecule has 102 valence electrons. The van der Waals surface area contributed by atoms with Gasteiger partial charge in [-0.2, -0.15) is 0 Å². The molecular weight excluding hydrogens is 232 g/mol. The van der Waals surface area contributed by atoms with Crippen LogP contribution in [0.15, 0.2) is 24.3 Å². The first-order chi connectivity index (χ1) is 9.13. The van der Waals surface area contributed by atoms with Crippen LogP contribution in [0.3, 0.4) is 0 Å². The van der Waals surface area contributed by atoms with Gasteiger partial charge in [-0.05, 0) is 66.9 Å². The fourth-order valence-corrected chi connectivity index (χ4v) is 5.50. The average molecular weight is 256 g/mol. The molecule has 1 aromatic carbocycles. The number of hydrogen-bond donors (Lipinski definition) is 1. The minimum Gasteiger partial charge on any atom is -0.385 e. The Balaban J connectivity index is 1.80. The van der Waals surface area contributed by atoms with Crippen molar-refractivity contribution in [2.45, 2.75) is 57.5 Å². The molecule has 4 atom stereocenters. The first-order valence-electron chi connectivity index (χ1n) is 7.94. The Bertz CT molecular complexity index is 508. The molecular formula is C18H24O. The predicted octanol–water partition coefficient (Wildman–Crippen LogP) is 4.04. The number of benzene rings is 1. The van der Waals surface area contributed by atoms with Crippen molar-refractivity contribution in [3.05, 3.63) is 35.4 Å². The standard InChI is InChI=1S/C18H24O/c1-17-10-4-7-15(17)16-9-8-13-5-2-3-6-14(13)18(16,19)12-11-17/h2-3,5-6,15-16,19H,4,7-12H2,1H3/t15-,16-,17-,18?/m0/s1. The predicted molar refractivity (Wildman–Crippen MR) is 76.8 cm³/mol. The molecule has 1 aromatic rings. The van der Waals surface area contributed by atoms with Crippen LogP contribution in [0.4, 0.5) is 0 Å². The van der Waals surface area contributed by atoms with Crippen LogP contribution in [0.5, 0.6) is 0 Å². The second kappa shape index (κ2) is 3.85. The lowest BCUT2D eigenvalue weighted by atomic mass is 9.54. The fourth-order valence-electron chi connectivity index (χ4n) is 5.50. The van der Waals surface area contributed by atoms with Crippen molar-refractivity contribution in [3.63, 3.8) is 0 Å². The van der Waals surface area contributed by atoms with E-state index in [9.17, 15) is 5.11 Å². The van der Waals surface area contributed by atoms with Crippen LogP contribution in [-0.2, 0) is 12.0 Å². The van der Waals surface area contributed by atoms with Crippen LogP contribution in [0.2, 0.25) is 0 Å². The Morgan fingerprint density at radius 1 is 1.05 bits per heavy atom. The Labute approximate surface area is 116 Å². The minimum atomic E-state index is -0.524. The minimum absolute atomic E-state index is 0.503. The molecule has 4 rings (SSSR count). The van der Waals surface area contributed by atoms with E-state index in [4.69, 9.17) is 0 Å². The quantitative estimate of drug-likeness (QED) is 0.743. The van der Waals surface area contributed by atoms with Gasteiger partial charge in [-0.1, -0.05) is 37.6 Å². The Morgan fingerprint density at radius 2 is 1.89 bits per heavy atom. The van der Waals surface area contributed by atoms with Crippen molar-refractivity contribution in [2.75, 3.05) is 0 Å². The zero-order valence-corrected chi connectivity index (χ0v) is 11.9. The maximum Gasteiger partial charge on any atom is 0.0930 e. The van der Waals surface area contributed by atoms with Crippen LogP contribution in [0, 0.1) is 17.3 Å². The molecule has 0 radical (unpaired) electrons. The van der Waals surface area contributed by atoms with E-state index in [1.165, 1.54) is 43.2 Å². The molecule has 0 bridgehead atoms. The molecule has 1 unspecified atom stereocenters. The molecule has 3 aliphatic rings.